The van der Waals surface area contributed by atoms with Crippen LogP contribution in [0.15, 0.2) is 23.8 Å². The molecule has 1 saturated carbocycles. The average Bonchev–Trinajstić information content (AvgIpc) is 2.95. The van der Waals surface area contributed by atoms with Crippen LogP contribution in [0, 0.1) is 5.92 Å². The van der Waals surface area contributed by atoms with E-state index in [0.29, 0.717) is 17.5 Å². The van der Waals surface area contributed by atoms with Crippen LogP contribution in [0.3, 0.4) is 0 Å². The fourth-order valence-electron chi connectivity index (χ4n) is 3.68. The molecule has 0 amide bonds. The van der Waals surface area contributed by atoms with Crippen molar-refractivity contribution in [2.45, 2.75) is 31.6 Å². The molecule has 0 radical (unpaired) electrons. The molecule has 4 rings (SSSR count). The van der Waals surface area contributed by atoms with E-state index >= 15 is 0 Å². The number of rotatable bonds is 0. The van der Waals surface area contributed by atoms with E-state index in [4.69, 9.17) is 0 Å². The lowest BCUT2D eigenvalue weighted by molar-refractivity contribution is 0.380. The smallest absolute Gasteiger partial charge is 0.291 e. The number of aromatic nitrogens is 3. The van der Waals surface area contributed by atoms with Gasteiger partial charge >= 0.3 is 0 Å². The van der Waals surface area contributed by atoms with Crippen LogP contribution in [0.4, 0.5) is 0 Å². The van der Waals surface area contributed by atoms with E-state index in [9.17, 15) is 4.79 Å². The molecule has 2 aliphatic rings. The molecule has 92 valence electrons. The van der Waals surface area contributed by atoms with Crippen molar-refractivity contribution in [3.05, 3.63) is 40.7 Å². The summed E-state index contributed by atoms with van der Waals surface area (Å²) < 4.78 is 1.91. The van der Waals surface area contributed by atoms with Gasteiger partial charge in [0, 0.05) is 24.0 Å². The number of hydrogen-bond donors (Lipinski definition) is 1. The molecule has 1 N–H and O–H groups in total. The van der Waals surface area contributed by atoms with Gasteiger partial charge in [0.15, 0.2) is 0 Å². The first kappa shape index (κ1) is 10.1. The highest BCUT2D eigenvalue weighted by Gasteiger charge is 2.39. The summed E-state index contributed by atoms with van der Waals surface area (Å²) in [5.41, 5.74) is 3.75. The summed E-state index contributed by atoms with van der Waals surface area (Å²) in [5, 5.41) is 0. The first-order valence-electron chi connectivity index (χ1n) is 6.56. The molecule has 2 aromatic heterocycles. The lowest BCUT2D eigenvalue weighted by atomic mass is 9.79. The van der Waals surface area contributed by atoms with Crippen LogP contribution in [0.1, 0.15) is 43.0 Å². The summed E-state index contributed by atoms with van der Waals surface area (Å²) >= 11 is 0. The molecule has 2 unspecified atom stereocenters. The Kier molecular flexibility index (Phi) is 1.88. The molecule has 4 heteroatoms. The van der Waals surface area contributed by atoms with Crippen LogP contribution in [0.5, 0.6) is 0 Å². The molecule has 1 fully saturated rings. The topological polar surface area (TPSA) is 50.2 Å². The Balaban J connectivity index is 2.07. The molecule has 18 heavy (non-hydrogen) atoms. The van der Waals surface area contributed by atoms with Gasteiger partial charge in [0.1, 0.15) is 0 Å². The van der Waals surface area contributed by atoms with Crippen LogP contribution >= 0.6 is 0 Å². The van der Waals surface area contributed by atoms with Crippen molar-refractivity contribution in [2.24, 2.45) is 5.92 Å². The van der Waals surface area contributed by atoms with Crippen molar-refractivity contribution in [2.75, 3.05) is 0 Å². The van der Waals surface area contributed by atoms with Gasteiger partial charge in [-0.3, -0.25) is 9.20 Å². The first-order valence-corrected chi connectivity index (χ1v) is 6.56. The quantitative estimate of drug-likeness (QED) is 0.769. The van der Waals surface area contributed by atoms with E-state index < -0.39 is 0 Å². The summed E-state index contributed by atoms with van der Waals surface area (Å²) in [7, 11) is 0. The van der Waals surface area contributed by atoms with Gasteiger partial charge in [0.2, 0.25) is 5.65 Å². The highest BCUT2D eigenvalue weighted by Crippen LogP contribution is 2.50. The minimum Gasteiger partial charge on any atom is -0.321 e. The van der Waals surface area contributed by atoms with E-state index in [0.717, 1.165) is 17.8 Å². The van der Waals surface area contributed by atoms with Gasteiger partial charge in [0.25, 0.3) is 5.56 Å². The van der Waals surface area contributed by atoms with Crippen molar-refractivity contribution >= 4 is 11.2 Å². The van der Waals surface area contributed by atoms with Gasteiger partial charge in [-0.1, -0.05) is 19.4 Å². The molecule has 0 aliphatic heterocycles. The molecule has 0 spiro atoms. The fraction of sp³-hybridized carbons (Fsp3) is 0.429. The molecule has 0 saturated heterocycles. The maximum atomic E-state index is 12.0. The van der Waals surface area contributed by atoms with Crippen LogP contribution in [-0.4, -0.2) is 14.4 Å². The van der Waals surface area contributed by atoms with Crippen LogP contribution in [0.25, 0.3) is 11.2 Å². The largest absolute Gasteiger partial charge is 0.321 e. The lowest BCUT2D eigenvalue weighted by Gasteiger charge is -2.25. The number of fused-ring (bicyclic) bond motifs is 5. The highest BCUT2D eigenvalue weighted by atomic mass is 16.1. The Morgan fingerprint density at radius 3 is 2.94 bits per heavy atom. The average molecular weight is 241 g/mol. The standard InChI is InChI=1S/C14H15N3O/c1-8-9-4-2-3-5-10(9)11-12(8)17-7-6-15-13(17)14(18)16-11/h6-7,9-10H,1-5H2,(H,16,18). The maximum absolute atomic E-state index is 12.0. The number of nitrogens with zero attached hydrogens (tertiary/aromatic N) is 2. The molecule has 2 aliphatic carbocycles. The van der Waals surface area contributed by atoms with Crippen molar-refractivity contribution in [1.82, 2.24) is 14.4 Å². The summed E-state index contributed by atoms with van der Waals surface area (Å²) in [6.45, 7) is 4.27. The predicted molar refractivity (Wildman–Crippen MR) is 69.5 cm³/mol. The van der Waals surface area contributed by atoms with Crippen LogP contribution in [-0.2, 0) is 0 Å². The molecule has 2 aromatic rings. The number of imidazole rings is 1. The summed E-state index contributed by atoms with van der Waals surface area (Å²) in [4.78, 5) is 19.2. The highest BCUT2D eigenvalue weighted by molar-refractivity contribution is 5.72. The molecule has 2 heterocycles. The molecule has 2 atom stereocenters. The zero-order valence-electron chi connectivity index (χ0n) is 10.1. The summed E-state index contributed by atoms with van der Waals surface area (Å²) in [6, 6.07) is 0. The van der Waals surface area contributed by atoms with Gasteiger partial charge in [0.05, 0.1) is 5.69 Å². The van der Waals surface area contributed by atoms with Crippen molar-refractivity contribution < 1.29 is 0 Å². The third kappa shape index (κ3) is 1.10. The van der Waals surface area contributed by atoms with Crippen molar-refractivity contribution in [1.29, 1.82) is 0 Å². The zero-order chi connectivity index (χ0) is 12.3. The maximum Gasteiger partial charge on any atom is 0.291 e. The summed E-state index contributed by atoms with van der Waals surface area (Å²) in [6.07, 6.45) is 8.42. The van der Waals surface area contributed by atoms with Crippen molar-refractivity contribution in [3.63, 3.8) is 0 Å². The predicted octanol–water partition coefficient (Wildman–Crippen LogP) is 2.32. The van der Waals surface area contributed by atoms with E-state index in [1.165, 1.54) is 24.8 Å². The summed E-state index contributed by atoms with van der Waals surface area (Å²) in [5.74, 6) is 0.971. The number of H-pyrrole nitrogens is 1. The van der Waals surface area contributed by atoms with Gasteiger partial charge in [-0.2, -0.15) is 0 Å². The van der Waals surface area contributed by atoms with Gasteiger partial charge in [-0.05, 0) is 24.3 Å². The second-order valence-corrected chi connectivity index (χ2v) is 5.36. The third-order valence-corrected chi connectivity index (χ3v) is 4.48. The number of nitrogens with one attached hydrogen (secondary N) is 1. The molecular weight excluding hydrogens is 226 g/mol. The second-order valence-electron chi connectivity index (χ2n) is 5.36. The van der Waals surface area contributed by atoms with Crippen LogP contribution in [0.2, 0.25) is 0 Å². The Morgan fingerprint density at radius 2 is 2.11 bits per heavy atom. The van der Waals surface area contributed by atoms with E-state index in [2.05, 4.69) is 16.5 Å². The Bertz CT molecular complexity index is 709. The zero-order valence-corrected chi connectivity index (χ0v) is 10.1. The SMILES string of the molecule is C=C1c2c([nH]c(=O)c3nccn23)C2CCCCC12. The Labute approximate surface area is 104 Å². The van der Waals surface area contributed by atoms with E-state index in [1.807, 2.05) is 10.6 Å². The minimum atomic E-state index is -0.0854. The third-order valence-electron chi connectivity index (χ3n) is 4.48. The van der Waals surface area contributed by atoms with E-state index in [-0.39, 0.29) is 5.56 Å². The van der Waals surface area contributed by atoms with E-state index in [1.54, 1.807) is 6.20 Å². The number of hydrogen-bond acceptors (Lipinski definition) is 2. The lowest BCUT2D eigenvalue weighted by Crippen LogP contribution is -2.17. The van der Waals surface area contributed by atoms with Gasteiger partial charge < -0.3 is 4.98 Å². The molecule has 0 bridgehead atoms. The molecular formula is C14H15N3O. The van der Waals surface area contributed by atoms with Crippen molar-refractivity contribution in [3.8, 4) is 0 Å². The van der Waals surface area contributed by atoms with Gasteiger partial charge in [-0.25, -0.2) is 4.98 Å². The monoisotopic (exact) mass is 241 g/mol. The van der Waals surface area contributed by atoms with Gasteiger partial charge in [-0.15, -0.1) is 0 Å². The number of allylic oxidation sites excluding steroid dienone is 1. The van der Waals surface area contributed by atoms with Crippen LogP contribution < -0.4 is 5.56 Å². The minimum absolute atomic E-state index is 0.0854. The number of aromatic amines is 1. The molecule has 4 nitrogen and oxygen atoms in total. The molecule has 0 aromatic carbocycles. The Hall–Kier alpha value is -1.84. The normalized spacial score (nSPS) is 26.3. The first-order chi connectivity index (χ1) is 8.77. The Morgan fingerprint density at radius 1 is 1.33 bits per heavy atom. The second kappa shape index (κ2) is 3.34. The fourth-order valence-corrected chi connectivity index (χ4v) is 3.68.